The van der Waals surface area contributed by atoms with E-state index in [1.165, 1.54) is 0 Å². The highest BCUT2D eigenvalue weighted by Crippen LogP contribution is 2.11. The van der Waals surface area contributed by atoms with Gasteiger partial charge in [0.2, 0.25) is 0 Å². The number of hydrogen-bond donors (Lipinski definition) is 0. The van der Waals surface area contributed by atoms with Crippen molar-refractivity contribution in [3.8, 4) is 0 Å². The molecule has 0 saturated heterocycles. The fourth-order valence-corrected chi connectivity index (χ4v) is 1.47. The minimum atomic E-state index is -0.208. The second-order valence-corrected chi connectivity index (χ2v) is 3.16. The molecule has 0 rings (SSSR count). The number of rotatable bonds is 9. The Morgan fingerprint density at radius 1 is 0.667 bits per heavy atom. The Labute approximate surface area is 91.6 Å². The Morgan fingerprint density at radius 3 is 1.27 bits per heavy atom. The van der Waals surface area contributed by atoms with Crippen molar-refractivity contribution in [1.82, 2.24) is 0 Å². The Morgan fingerprint density at radius 2 is 1.07 bits per heavy atom. The van der Waals surface area contributed by atoms with E-state index in [1.54, 1.807) is 35.5 Å². The van der Waals surface area contributed by atoms with Gasteiger partial charge in [-0.25, -0.2) is 0 Å². The summed E-state index contributed by atoms with van der Waals surface area (Å²) in [7, 11) is 8.10. The summed E-state index contributed by atoms with van der Waals surface area (Å²) in [5.41, 5.74) is 0. The van der Waals surface area contributed by atoms with Crippen LogP contribution in [0.4, 0.5) is 0 Å². The molecular formula is C10H22O5. The minimum Gasteiger partial charge on any atom is -0.382 e. The number of ether oxygens (including phenoxy) is 5. The molecule has 0 heterocycles. The molecule has 0 aromatic rings. The van der Waals surface area contributed by atoms with Gasteiger partial charge in [0, 0.05) is 35.5 Å². The van der Waals surface area contributed by atoms with Crippen molar-refractivity contribution in [2.24, 2.45) is 0 Å². The SMILES string of the molecule is COC[C@H](OC)[C@H](OC)[C@@H](COC)OC. The summed E-state index contributed by atoms with van der Waals surface area (Å²) in [5, 5.41) is 0. The van der Waals surface area contributed by atoms with E-state index in [0.717, 1.165) is 0 Å². The molecule has 0 saturated carbocycles. The zero-order chi connectivity index (χ0) is 11.7. The molecule has 0 bridgehead atoms. The highest BCUT2D eigenvalue weighted by Gasteiger charge is 2.29. The summed E-state index contributed by atoms with van der Waals surface area (Å²) in [5.74, 6) is 0. The molecule has 0 aliphatic rings. The van der Waals surface area contributed by atoms with E-state index in [2.05, 4.69) is 0 Å². The third-order valence-corrected chi connectivity index (χ3v) is 2.27. The van der Waals surface area contributed by atoms with Crippen LogP contribution in [0.15, 0.2) is 0 Å². The van der Waals surface area contributed by atoms with Crippen LogP contribution in [-0.4, -0.2) is 67.1 Å². The lowest BCUT2D eigenvalue weighted by atomic mass is 10.1. The standard InChI is InChI=1S/C10H22O5/c1-11-6-8(13-3)10(15-5)9(14-4)7-12-2/h8-10H,6-7H2,1-5H3/t8-,9+,10-. The van der Waals surface area contributed by atoms with Gasteiger partial charge in [0.25, 0.3) is 0 Å². The Balaban J connectivity index is 4.37. The quantitative estimate of drug-likeness (QED) is 0.562. The third-order valence-electron chi connectivity index (χ3n) is 2.27. The molecule has 0 unspecified atom stereocenters. The van der Waals surface area contributed by atoms with E-state index in [9.17, 15) is 0 Å². The smallest absolute Gasteiger partial charge is 0.114 e. The van der Waals surface area contributed by atoms with Crippen molar-refractivity contribution in [3.05, 3.63) is 0 Å². The van der Waals surface area contributed by atoms with Gasteiger partial charge in [0.15, 0.2) is 0 Å². The Hall–Kier alpha value is -0.200. The van der Waals surface area contributed by atoms with Gasteiger partial charge in [0.05, 0.1) is 13.2 Å². The zero-order valence-corrected chi connectivity index (χ0v) is 10.2. The molecule has 0 aromatic heterocycles. The third kappa shape index (κ3) is 4.90. The van der Waals surface area contributed by atoms with E-state index in [1.807, 2.05) is 0 Å². The lowest BCUT2D eigenvalue weighted by molar-refractivity contribution is -0.137. The first-order chi connectivity index (χ1) is 7.24. The molecule has 92 valence electrons. The molecule has 0 amide bonds. The molecule has 0 aliphatic carbocycles. The first-order valence-corrected chi connectivity index (χ1v) is 4.81. The van der Waals surface area contributed by atoms with Gasteiger partial charge in [-0.15, -0.1) is 0 Å². The molecule has 0 fully saturated rings. The van der Waals surface area contributed by atoms with E-state index in [0.29, 0.717) is 13.2 Å². The maximum absolute atomic E-state index is 5.35. The fraction of sp³-hybridized carbons (Fsp3) is 1.00. The summed E-state index contributed by atoms with van der Waals surface area (Å²) in [6.45, 7) is 0.914. The van der Waals surface area contributed by atoms with Crippen molar-refractivity contribution in [2.45, 2.75) is 18.3 Å². The lowest BCUT2D eigenvalue weighted by Crippen LogP contribution is -2.45. The Kier molecular flexibility index (Phi) is 8.94. The van der Waals surface area contributed by atoms with Crippen LogP contribution in [0.2, 0.25) is 0 Å². The molecule has 0 radical (unpaired) electrons. The monoisotopic (exact) mass is 222 g/mol. The highest BCUT2D eigenvalue weighted by atomic mass is 16.6. The largest absolute Gasteiger partial charge is 0.382 e. The van der Waals surface area contributed by atoms with Gasteiger partial charge in [-0.1, -0.05) is 0 Å². The zero-order valence-electron chi connectivity index (χ0n) is 10.2. The fourth-order valence-electron chi connectivity index (χ4n) is 1.47. The lowest BCUT2D eigenvalue weighted by Gasteiger charge is -2.30. The Bertz CT molecular complexity index is 128. The molecule has 0 aliphatic heterocycles. The summed E-state index contributed by atoms with van der Waals surface area (Å²) >= 11 is 0. The average Bonchev–Trinajstić information content (AvgIpc) is 2.27. The maximum atomic E-state index is 5.35. The first kappa shape index (κ1) is 14.8. The summed E-state index contributed by atoms with van der Waals surface area (Å²) in [6, 6.07) is 0. The van der Waals surface area contributed by atoms with Crippen LogP contribution in [0.1, 0.15) is 0 Å². The van der Waals surface area contributed by atoms with Crippen molar-refractivity contribution in [1.29, 1.82) is 0 Å². The van der Waals surface area contributed by atoms with Crippen molar-refractivity contribution >= 4 is 0 Å². The second kappa shape index (κ2) is 9.06. The second-order valence-electron chi connectivity index (χ2n) is 3.16. The summed E-state index contributed by atoms with van der Waals surface area (Å²) in [4.78, 5) is 0. The molecular weight excluding hydrogens is 200 g/mol. The van der Waals surface area contributed by atoms with Gasteiger partial charge < -0.3 is 23.7 Å². The summed E-state index contributed by atoms with van der Waals surface area (Å²) < 4.78 is 26.0. The van der Waals surface area contributed by atoms with Crippen LogP contribution in [-0.2, 0) is 23.7 Å². The topological polar surface area (TPSA) is 46.2 Å². The molecule has 0 spiro atoms. The van der Waals surface area contributed by atoms with Crippen LogP contribution >= 0.6 is 0 Å². The number of methoxy groups -OCH3 is 5. The minimum absolute atomic E-state index is 0.167. The van der Waals surface area contributed by atoms with Gasteiger partial charge in [0.1, 0.15) is 18.3 Å². The van der Waals surface area contributed by atoms with Crippen molar-refractivity contribution in [3.63, 3.8) is 0 Å². The number of hydrogen-bond acceptors (Lipinski definition) is 5. The molecule has 0 N–H and O–H groups in total. The van der Waals surface area contributed by atoms with Gasteiger partial charge >= 0.3 is 0 Å². The van der Waals surface area contributed by atoms with Crippen LogP contribution in [0, 0.1) is 0 Å². The van der Waals surface area contributed by atoms with Crippen LogP contribution in [0.3, 0.4) is 0 Å². The average molecular weight is 222 g/mol. The van der Waals surface area contributed by atoms with Crippen LogP contribution < -0.4 is 0 Å². The predicted molar refractivity (Wildman–Crippen MR) is 56.1 cm³/mol. The molecule has 15 heavy (non-hydrogen) atoms. The molecule has 0 aromatic carbocycles. The van der Waals surface area contributed by atoms with E-state index < -0.39 is 0 Å². The predicted octanol–water partition coefficient (Wildman–Crippen LogP) is 0.324. The van der Waals surface area contributed by atoms with Gasteiger partial charge in [-0.05, 0) is 0 Å². The van der Waals surface area contributed by atoms with E-state index >= 15 is 0 Å². The van der Waals surface area contributed by atoms with E-state index in [-0.39, 0.29) is 18.3 Å². The first-order valence-electron chi connectivity index (χ1n) is 4.81. The molecule has 3 atom stereocenters. The molecule has 5 heteroatoms. The molecule has 5 nitrogen and oxygen atoms in total. The van der Waals surface area contributed by atoms with E-state index in [4.69, 9.17) is 23.7 Å². The van der Waals surface area contributed by atoms with Crippen molar-refractivity contribution < 1.29 is 23.7 Å². The van der Waals surface area contributed by atoms with Gasteiger partial charge in [-0.3, -0.25) is 0 Å². The summed E-state index contributed by atoms with van der Waals surface area (Å²) in [6.07, 6.45) is -0.542. The van der Waals surface area contributed by atoms with Crippen LogP contribution in [0.5, 0.6) is 0 Å². The normalized spacial score (nSPS) is 17.4. The van der Waals surface area contributed by atoms with Crippen molar-refractivity contribution in [2.75, 3.05) is 48.8 Å². The highest BCUT2D eigenvalue weighted by molar-refractivity contribution is 4.78. The maximum Gasteiger partial charge on any atom is 0.114 e. The van der Waals surface area contributed by atoms with Gasteiger partial charge in [-0.2, -0.15) is 0 Å². The van der Waals surface area contributed by atoms with Crippen LogP contribution in [0.25, 0.3) is 0 Å².